The van der Waals surface area contributed by atoms with E-state index in [0.29, 0.717) is 0 Å². The van der Waals surface area contributed by atoms with Crippen LogP contribution in [0.5, 0.6) is 0 Å². The smallest absolute Gasteiger partial charge is 0.368 e. The normalized spacial score (nSPS) is 8.86. The molecule has 2 N–H and O–H groups in total. The number of fused-ring (bicyclic) bond motifs is 1. The van der Waals surface area contributed by atoms with Gasteiger partial charge in [0.2, 0.25) is 6.29 Å². The lowest BCUT2D eigenvalue weighted by Crippen LogP contribution is -1.91. The van der Waals surface area contributed by atoms with Crippen molar-refractivity contribution in [2.45, 2.75) is 0 Å². The number of carbonyl (C=O) groups is 2. The number of hydrogen-bond acceptors (Lipinski definition) is 4. The summed E-state index contributed by atoms with van der Waals surface area (Å²) >= 11 is 0. The number of rotatable bonds is 1. The zero-order valence-corrected chi connectivity index (χ0v) is 7.04. The quantitative estimate of drug-likeness (QED) is 0.499. The summed E-state index contributed by atoms with van der Waals surface area (Å²) in [6.45, 7) is 0. The summed E-state index contributed by atoms with van der Waals surface area (Å²) in [5, 5.41) is 17.7. The van der Waals surface area contributed by atoms with Gasteiger partial charge in [-0.3, -0.25) is 4.79 Å². The van der Waals surface area contributed by atoms with Crippen molar-refractivity contribution in [2.75, 3.05) is 0 Å². The maximum absolute atomic E-state index is 9.00. The number of nitrogens with one attached hydrogen (secondary N) is 1. The highest BCUT2D eigenvalue weighted by atomic mass is 16.4. The lowest BCUT2D eigenvalue weighted by molar-refractivity contribution is -0.143. The van der Waals surface area contributed by atoms with E-state index in [-0.39, 0.29) is 6.29 Å². The van der Waals surface area contributed by atoms with Crippen LogP contribution in [0, 0.1) is 0 Å². The zero-order chi connectivity index (χ0) is 10.4. The zero-order valence-electron chi connectivity index (χ0n) is 7.04. The van der Waals surface area contributed by atoms with Gasteiger partial charge in [-0.25, -0.2) is 4.79 Å². The van der Waals surface area contributed by atoms with Gasteiger partial charge < -0.3 is 5.11 Å². The van der Waals surface area contributed by atoms with E-state index in [0.717, 1.165) is 11.0 Å². The average molecular weight is 193 g/mol. The van der Waals surface area contributed by atoms with Crippen molar-refractivity contribution < 1.29 is 14.7 Å². The van der Waals surface area contributed by atoms with Crippen LogP contribution in [0.1, 0.15) is 0 Å². The molecule has 0 unspecified atom stereocenters. The second-order valence-corrected chi connectivity index (χ2v) is 2.27. The number of H-pyrrole nitrogens is 1. The van der Waals surface area contributed by atoms with Crippen molar-refractivity contribution in [1.29, 1.82) is 0 Å². The number of aromatic amines is 1. The van der Waals surface area contributed by atoms with E-state index in [1.165, 1.54) is 0 Å². The van der Waals surface area contributed by atoms with E-state index < -0.39 is 5.97 Å². The fraction of sp³-hybridized carbons (Fsp3) is 0. The van der Waals surface area contributed by atoms with E-state index >= 15 is 0 Å². The third-order valence-corrected chi connectivity index (χ3v) is 1.32. The van der Waals surface area contributed by atoms with Crippen molar-refractivity contribution in [3.05, 3.63) is 24.3 Å². The third-order valence-electron chi connectivity index (χ3n) is 1.32. The van der Waals surface area contributed by atoms with E-state index in [4.69, 9.17) is 14.7 Å². The molecule has 0 saturated heterocycles. The molecule has 0 aliphatic heterocycles. The topological polar surface area (TPSA) is 95.9 Å². The lowest BCUT2D eigenvalue weighted by Gasteiger charge is -1.78. The maximum Gasteiger partial charge on any atom is 0.368 e. The molecule has 0 fully saturated rings. The Bertz CT molecular complexity index is 408. The van der Waals surface area contributed by atoms with Crippen LogP contribution in [0.4, 0.5) is 0 Å². The number of aldehydes is 1. The predicted octanol–water partition coefficient (Wildman–Crippen LogP) is 0.228. The highest BCUT2D eigenvalue weighted by molar-refractivity contribution is 6.19. The number of carbonyl (C=O) groups excluding carboxylic acids is 1. The van der Waals surface area contributed by atoms with Gasteiger partial charge >= 0.3 is 5.97 Å². The summed E-state index contributed by atoms with van der Waals surface area (Å²) in [4.78, 5) is 17.9. The first-order valence-corrected chi connectivity index (χ1v) is 3.67. The van der Waals surface area contributed by atoms with Crippen molar-refractivity contribution in [1.82, 2.24) is 15.4 Å². The Morgan fingerprint density at radius 1 is 1.29 bits per heavy atom. The Morgan fingerprint density at radius 3 is 2.07 bits per heavy atom. The molecule has 0 saturated carbocycles. The summed E-state index contributed by atoms with van der Waals surface area (Å²) in [5.41, 5.74) is 1.83. The Morgan fingerprint density at radius 2 is 1.71 bits per heavy atom. The van der Waals surface area contributed by atoms with Gasteiger partial charge in [-0.05, 0) is 12.1 Å². The second-order valence-electron chi connectivity index (χ2n) is 2.27. The van der Waals surface area contributed by atoms with Crippen LogP contribution in [0.3, 0.4) is 0 Å². The second kappa shape index (κ2) is 4.70. The van der Waals surface area contributed by atoms with Crippen molar-refractivity contribution in [3.8, 4) is 0 Å². The number of aromatic nitrogens is 3. The van der Waals surface area contributed by atoms with Gasteiger partial charge in [0.1, 0.15) is 11.0 Å². The summed E-state index contributed by atoms with van der Waals surface area (Å²) in [7, 11) is 0. The fourth-order valence-electron chi connectivity index (χ4n) is 0.786. The number of para-hydroxylation sites is 2. The number of carboxylic acids is 1. The molecule has 6 nitrogen and oxygen atoms in total. The van der Waals surface area contributed by atoms with Gasteiger partial charge in [0.15, 0.2) is 0 Å². The molecular weight excluding hydrogens is 186 g/mol. The van der Waals surface area contributed by atoms with Crippen molar-refractivity contribution in [3.63, 3.8) is 0 Å². The number of hydrogen-bond donors (Lipinski definition) is 2. The first-order valence-electron chi connectivity index (χ1n) is 3.67. The monoisotopic (exact) mass is 193 g/mol. The van der Waals surface area contributed by atoms with Gasteiger partial charge in [0.05, 0.1) is 0 Å². The Hall–Kier alpha value is -2.24. The van der Waals surface area contributed by atoms with Crippen LogP contribution in [-0.4, -0.2) is 32.8 Å². The minimum Gasteiger partial charge on any atom is -0.476 e. The summed E-state index contributed by atoms with van der Waals surface area (Å²) in [6.07, 6.45) is -0.167. The summed E-state index contributed by atoms with van der Waals surface area (Å²) in [5.74, 6) is -1.43. The van der Waals surface area contributed by atoms with Gasteiger partial charge in [-0.15, -0.1) is 0 Å². The number of benzene rings is 1. The molecular formula is C8H7N3O3. The standard InChI is InChI=1S/C6H5N3.C2H2O3/c1-2-4-6-5(3-1)7-9-8-6;3-1-2(4)5/h1-4H,(H,7,8,9);1H,(H,4,5). The molecule has 0 atom stereocenters. The lowest BCUT2D eigenvalue weighted by atomic mass is 10.3. The number of aliphatic carboxylic acids is 1. The molecule has 0 amide bonds. The molecule has 0 spiro atoms. The first-order chi connectivity index (χ1) is 6.74. The van der Waals surface area contributed by atoms with Crippen molar-refractivity contribution in [2.24, 2.45) is 0 Å². The molecule has 72 valence electrons. The van der Waals surface area contributed by atoms with Crippen molar-refractivity contribution >= 4 is 23.3 Å². The largest absolute Gasteiger partial charge is 0.476 e. The highest BCUT2D eigenvalue weighted by Gasteiger charge is 1.90. The van der Waals surface area contributed by atoms with Gasteiger partial charge in [0, 0.05) is 0 Å². The van der Waals surface area contributed by atoms with E-state index in [2.05, 4.69) is 15.4 Å². The fourth-order valence-corrected chi connectivity index (χ4v) is 0.786. The minimum absolute atomic E-state index is 0.167. The molecule has 2 aromatic rings. The highest BCUT2D eigenvalue weighted by Crippen LogP contribution is 2.03. The van der Waals surface area contributed by atoms with Crippen LogP contribution in [0.2, 0.25) is 0 Å². The average Bonchev–Trinajstić information content (AvgIpc) is 2.66. The molecule has 2 rings (SSSR count). The van der Waals surface area contributed by atoms with Crippen LogP contribution >= 0.6 is 0 Å². The number of carboxylic acid groups (broad SMARTS) is 1. The molecule has 1 heterocycles. The summed E-state index contributed by atoms with van der Waals surface area (Å²) in [6, 6.07) is 7.70. The third kappa shape index (κ3) is 2.67. The van der Waals surface area contributed by atoms with Crippen LogP contribution in [-0.2, 0) is 9.59 Å². The number of nitrogens with zero attached hydrogens (tertiary/aromatic N) is 2. The molecule has 6 heteroatoms. The molecule has 0 aliphatic carbocycles. The Kier molecular flexibility index (Phi) is 3.31. The van der Waals surface area contributed by atoms with E-state index in [1.54, 1.807) is 0 Å². The van der Waals surface area contributed by atoms with Crippen LogP contribution in [0.25, 0.3) is 11.0 Å². The maximum atomic E-state index is 9.00. The Labute approximate surface area is 78.6 Å². The van der Waals surface area contributed by atoms with E-state index in [1.807, 2.05) is 24.3 Å². The van der Waals surface area contributed by atoms with Crippen LogP contribution in [0.15, 0.2) is 24.3 Å². The Balaban J connectivity index is 0.000000171. The molecule has 14 heavy (non-hydrogen) atoms. The molecule has 0 aliphatic rings. The minimum atomic E-state index is -1.43. The SMILES string of the molecule is O=CC(=O)O.c1ccc2n[nH]nc2c1. The summed E-state index contributed by atoms with van der Waals surface area (Å²) < 4.78 is 0. The van der Waals surface area contributed by atoms with Gasteiger partial charge in [-0.1, -0.05) is 12.1 Å². The molecule has 1 aromatic carbocycles. The first kappa shape index (κ1) is 9.85. The molecule has 1 aromatic heterocycles. The predicted molar refractivity (Wildman–Crippen MR) is 47.6 cm³/mol. The molecule has 0 bridgehead atoms. The molecule has 0 radical (unpaired) electrons. The van der Waals surface area contributed by atoms with E-state index in [9.17, 15) is 0 Å². The van der Waals surface area contributed by atoms with Crippen LogP contribution < -0.4 is 0 Å². The van der Waals surface area contributed by atoms with Gasteiger partial charge in [-0.2, -0.15) is 15.4 Å². The van der Waals surface area contributed by atoms with Gasteiger partial charge in [0.25, 0.3) is 0 Å².